The molecule has 0 spiro atoms. The molecule has 2 aromatic rings. The molecule has 5 nitrogen and oxygen atoms in total. The summed E-state index contributed by atoms with van der Waals surface area (Å²) in [5, 5.41) is 11.6. The van der Waals surface area contributed by atoms with Crippen molar-refractivity contribution in [3.63, 3.8) is 0 Å². The van der Waals surface area contributed by atoms with Gasteiger partial charge in [0, 0.05) is 11.6 Å². The number of benzene rings is 2. The molecule has 0 unspecified atom stereocenters. The Labute approximate surface area is 127 Å². The molecule has 0 aliphatic heterocycles. The highest BCUT2D eigenvalue weighted by Crippen LogP contribution is 2.19. The lowest BCUT2D eigenvalue weighted by atomic mass is 10.1. The highest BCUT2D eigenvalue weighted by Gasteiger charge is 2.10. The molecule has 0 fully saturated rings. The number of anilines is 1. The van der Waals surface area contributed by atoms with E-state index in [1.165, 1.54) is 18.2 Å². The second kappa shape index (κ2) is 7.08. The van der Waals surface area contributed by atoms with Crippen LogP contribution in [0.5, 0.6) is 5.75 Å². The molecule has 0 saturated heterocycles. The van der Waals surface area contributed by atoms with Gasteiger partial charge in [0.1, 0.15) is 5.75 Å². The van der Waals surface area contributed by atoms with E-state index in [1.807, 2.05) is 18.2 Å². The van der Waals surface area contributed by atoms with E-state index in [0.29, 0.717) is 5.75 Å². The predicted octanol–water partition coefficient (Wildman–Crippen LogP) is 3.05. The van der Waals surface area contributed by atoms with E-state index in [4.69, 9.17) is 9.84 Å². The molecule has 0 aliphatic carbocycles. The molecule has 112 valence electrons. The monoisotopic (exact) mass is 297 g/mol. The number of nitrogens with one attached hydrogen (secondary N) is 1. The molecule has 0 atom stereocenters. The molecule has 5 heteroatoms. The maximum Gasteiger partial charge on any atom is 0.337 e. The molecule has 0 aliphatic rings. The van der Waals surface area contributed by atoms with Crippen LogP contribution in [0, 0.1) is 0 Å². The van der Waals surface area contributed by atoms with E-state index in [9.17, 15) is 9.59 Å². The lowest BCUT2D eigenvalue weighted by molar-refractivity contribution is -0.111. The van der Waals surface area contributed by atoms with Gasteiger partial charge < -0.3 is 15.2 Å². The van der Waals surface area contributed by atoms with Crippen molar-refractivity contribution in [2.45, 2.75) is 0 Å². The zero-order chi connectivity index (χ0) is 15.9. The minimum absolute atomic E-state index is 0.0431. The molecule has 0 aromatic heterocycles. The molecular weight excluding hydrogens is 282 g/mol. The molecule has 2 aromatic carbocycles. The van der Waals surface area contributed by atoms with E-state index in [1.54, 1.807) is 31.4 Å². The van der Waals surface area contributed by atoms with Crippen LogP contribution in [0.25, 0.3) is 6.08 Å². The van der Waals surface area contributed by atoms with Gasteiger partial charge in [0.15, 0.2) is 0 Å². The van der Waals surface area contributed by atoms with Gasteiger partial charge in [-0.1, -0.05) is 30.3 Å². The minimum Gasteiger partial charge on any atom is -0.496 e. The van der Waals surface area contributed by atoms with Crippen LogP contribution in [0.15, 0.2) is 54.6 Å². The van der Waals surface area contributed by atoms with Gasteiger partial charge in [0.25, 0.3) is 0 Å². The van der Waals surface area contributed by atoms with E-state index in [2.05, 4.69) is 5.32 Å². The van der Waals surface area contributed by atoms with Crippen LogP contribution in [0.4, 0.5) is 5.69 Å². The third-order valence-electron chi connectivity index (χ3n) is 2.97. The lowest BCUT2D eigenvalue weighted by Gasteiger charge is -2.06. The minimum atomic E-state index is -1.09. The fraction of sp³-hybridized carbons (Fsp3) is 0.0588. The number of carbonyl (C=O) groups is 2. The number of para-hydroxylation sites is 2. The van der Waals surface area contributed by atoms with Crippen molar-refractivity contribution < 1.29 is 19.4 Å². The summed E-state index contributed by atoms with van der Waals surface area (Å²) in [7, 11) is 1.55. The van der Waals surface area contributed by atoms with Gasteiger partial charge in [-0.05, 0) is 24.3 Å². The van der Waals surface area contributed by atoms with Crippen LogP contribution >= 0.6 is 0 Å². The molecule has 0 bridgehead atoms. The number of hydrogen-bond donors (Lipinski definition) is 2. The molecule has 0 radical (unpaired) electrons. The van der Waals surface area contributed by atoms with Gasteiger partial charge in [0.2, 0.25) is 5.91 Å². The van der Waals surface area contributed by atoms with Crippen molar-refractivity contribution in [1.29, 1.82) is 0 Å². The molecule has 2 rings (SSSR count). The number of ether oxygens (including phenoxy) is 1. The van der Waals surface area contributed by atoms with Crippen molar-refractivity contribution in [2.75, 3.05) is 12.4 Å². The quantitative estimate of drug-likeness (QED) is 0.832. The maximum absolute atomic E-state index is 11.9. The lowest BCUT2D eigenvalue weighted by Crippen LogP contribution is -2.11. The van der Waals surface area contributed by atoms with Crippen molar-refractivity contribution in [3.8, 4) is 5.75 Å². The van der Waals surface area contributed by atoms with Gasteiger partial charge in [0.05, 0.1) is 18.4 Å². The number of hydrogen-bond acceptors (Lipinski definition) is 3. The molecule has 2 N–H and O–H groups in total. The van der Waals surface area contributed by atoms with E-state index < -0.39 is 11.9 Å². The first kappa shape index (κ1) is 15.3. The first-order chi connectivity index (χ1) is 10.6. The Kier molecular flexibility index (Phi) is 4.93. The van der Waals surface area contributed by atoms with Gasteiger partial charge >= 0.3 is 5.97 Å². The third-order valence-corrected chi connectivity index (χ3v) is 2.97. The summed E-state index contributed by atoms with van der Waals surface area (Å²) < 4.78 is 5.19. The van der Waals surface area contributed by atoms with E-state index >= 15 is 0 Å². The summed E-state index contributed by atoms with van der Waals surface area (Å²) in [6.07, 6.45) is 2.94. The number of carboxylic acids is 1. The molecule has 1 amide bonds. The topological polar surface area (TPSA) is 75.6 Å². The Hall–Kier alpha value is -3.08. The number of rotatable bonds is 5. The Morgan fingerprint density at radius 3 is 2.50 bits per heavy atom. The van der Waals surface area contributed by atoms with Gasteiger partial charge in [-0.3, -0.25) is 4.79 Å². The van der Waals surface area contributed by atoms with Crippen molar-refractivity contribution in [2.24, 2.45) is 0 Å². The number of carbonyl (C=O) groups excluding carboxylic acids is 1. The Bertz CT molecular complexity index is 722. The van der Waals surface area contributed by atoms with Crippen LogP contribution in [-0.4, -0.2) is 24.1 Å². The SMILES string of the molecule is COc1ccccc1/C=C/C(=O)Nc1ccccc1C(=O)O. The second-order valence-electron chi connectivity index (χ2n) is 4.42. The second-order valence-corrected chi connectivity index (χ2v) is 4.42. The summed E-state index contributed by atoms with van der Waals surface area (Å²) in [5.74, 6) is -0.860. The zero-order valence-electron chi connectivity index (χ0n) is 11.9. The Balaban J connectivity index is 2.14. The van der Waals surface area contributed by atoms with Crippen LogP contribution in [0.2, 0.25) is 0 Å². The van der Waals surface area contributed by atoms with E-state index in [0.717, 1.165) is 5.56 Å². The molecular formula is C17H15NO4. The van der Waals surface area contributed by atoms with Crippen molar-refractivity contribution >= 4 is 23.6 Å². The van der Waals surface area contributed by atoms with Crippen LogP contribution in [0.3, 0.4) is 0 Å². The van der Waals surface area contributed by atoms with Crippen LogP contribution in [-0.2, 0) is 4.79 Å². The summed E-state index contributed by atoms with van der Waals surface area (Å²) in [5.41, 5.74) is 1.05. The largest absolute Gasteiger partial charge is 0.496 e. The first-order valence-corrected chi connectivity index (χ1v) is 6.56. The number of methoxy groups -OCH3 is 1. The Morgan fingerprint density at radius 2 is 1.77 bits per heavy atom. The van der Waals surface area contributed by atoms with Crippen molar-refractivity contribution in [1.82, 2.24) is 0 Å². The standard InChI is InChI=1S/C17H15NO4/c1-22-15-9-5-2-6-12(15)10-11-16(19)18-14-8-4-3-7-13(14)17(20)21/h2-11H,1H3,(H,18,19)(H,20,21)/b11-10+. The summed E-state index contributed by atoms with van der Waals surface area (Å²) in [6, 6.07) is 13.5. The average molecular weight is 297 g/mol. The number of carboxylic acid groups (broad SMARTS) is 1. The highest BCUT2D eigenvalue weighted by atomic mass is 16.5. The predicted molar refractivity (Wildman–Crippen MR) is 84.1 cm³/mol. The van der Waals surface area contributed by atoms with Crippen molar-refractivity contribution in [3.05, 3.63) is 65.7 Å². The molecule has 0 heterocycles. The normalized spacial score (nSPS) is 10.4. The summed E-state index contributed by atoms with van der Waals surface area (Å²) in [6.45, 7) is 0. The first-order valence-electron chi connectivity index (χ1n) is 6.56. The summed E-state index contributed by atoms with van der Waals surface area (Å²) in [4.78, 5) is 23.0. The Morgan fingerprint density at radius 1 is 1.09 bits per heavy atom. The molecule has 0 saturated carbocycles. The number of amides is 1. The number of aromatic carboxylic acids is 1. The van der Waals surface area contributed by atoms with E-state index in [-0.39, 0.29) is 11.3 Å². The van der Waals surface area contributed by atoms with Gasteiger partial charge in [-0.25, -0.2) is 4.79 Å². The average Bonchev–Trinajstić information content (AvgIpc) is 2.53. The van der Waals surface area contributed by atoms with Gasteiger partial charge in [-0.2, -0.15) is 0 Å². The maximum atomic E-state index is 11.9. The highest BCUT2D eigenvalue weighted by molar-refractivity contribution is 6.06. The smallest absolute Gasteiger partial charge is 0.337 e. The third kappa shape index (κ3) is 3.73. The van der Waals surface area contributed by atoms with Gasteiger partial charge in [-0.15, -0.1) is 0 Å². The zero-order valence-corrected chi connectivity index (χ0v) is 11.9. The summed E-state index contributed by atoms with van der Waals surface area (Å²) >= 11 is 0. The van der Waals surface area contributed by atoms with Crippen LogP contribution < -0.4 is 10.1 Å². The fourth-order valence-electron chi connectivity index (χ4n) is 1.92. The fourth-order valence-corrected chi connectivity index (χ4v) is 1.92. The van der Waals surface area contributed by atoms with Crippen LogP contribution in [0.1, 0.15) is 15.9 Å². The molecule has 22 heavy (non-hydrogen) atoms.